The lowest BCUT2D eigenvalue weighted by atomic mass is 10.0. The minimum absolute atomic E-state index is 0.320. The van der Waals surface area contributed by atoms with Crippen molar-refractivity contribution in [2.24, 2.45) is 0 Å². The number of rotatable bonds is 4. The van der Waals surface area contributed by atoms with Crippen LogP contribution in [0.2, 0.25) is 0 Å². The topological polar surface area (TPSA) is 24.9 Å². The van der Waals surface area contributed by atoms with Crippen molar-refractivity contribution >= 4 is 0 Å². The van der Waals surface area contributed by atoms with Crippen LogP contribution in [0.5, 0.6) is 0 Å². The fourth-order valence-corrected chi connectivity index (χ4v) is 2.01. The highest BCUT2D eigenvalue weighted by Crippen LogP contribution is 2.17. The molecule has 2 heteroatoms. The molecule has 0 spiro atoms. The van der Waals surface area contributed by atoms with Gasteiger partial charge >= 0.3 is 0 Å². The van der Waals surface area contributed by atoms with Gasteiger partial charge in [0.05, 0.1) is 0 Å². The van der Waals surface area contributed by atoms with Crippen LogP contribution in [0.1, 0.15) is 28.4 Å². The van der Waals surface area contributed by atoms with Crippen LogP contribution < -0.4 is 5.32 Å². The smallest absolute Gasteiger partial charge is 0.0422 e. The Hall–Kier alpha value is -1.67. The maximum Gasteiger partial charge on any atom is 0.0422 e. The second kappa shape index (κ2) is 5.78. The summed E-state index contributed by atoms with van der Waals surface area (Å²) in [4.78, 5) is 4.47. The fourth-order valence-electron chi connectivity index (χ4n) is 2.01. The molecule has 1 N–H and O–H groups in total. The first-order valence-electron chi connectivity index (χ1n) is 6.34. The Kier molecular flexibility index (Phi) is 4.11. The molecule has 1 unspecified atom stereocenters. The summed E-state index contributed by atoms with van der Waals surface area (Å²) in [5, 5.41) is 3.36. The van der Waals surface area contributed by atoms with Gasteiger partial charge in [-0.3, -0.25) is 4.98 Å². The molecule has 1 atom stereocenters. The molecule has 1 aromatic heterocycles. The summed E-state index contributed by atoms with van der Waals surface area (Å²) in [6.45, 7) is 4.17. The Bertz CT molecular complexity index is 486. The third-order valence-corrected chi connectivity index (χ3v) is 3.21. The van der Waals surface area contributed by atoms with Gasteiger partial charge in [-0.05, 0) is 38.1 Å². The SMILES string of the molecule is CNC(Cc1ccc(C)cn1)c1ccc(C)cc1. The maximum absolute atomic E-state index is 4.47. The number of aryl methyl sites for hydroxylation is 2. The predicted octanol–water partition coefficient (Wildman–Crippen LogP) is 3.20. The molecular formula is C16H20N2. The van der Waals surface area contributed by atoms with Crippen LogP contribution in [-0.2, 0) is 6.42 Å². The molecule has 0 aliphatic rings. The minimum atomic E-state index is 0.320. The Morgan fingerprint density at radius 2 is 1.67 bits per heavy atom. The summed E-state index contributed by atoms with van der Waals surface area (Å²) in [5.41, 5.74) is 4.93. The van der Waals surface area contributed by atoms with Gasteiger partial charge in [-0.15, -0.1) is 0 Å². The van der Waals surface area contributed by atoms with Crippen molar-refractivity contribution in [3.63, 3.8) is 0 Å². The molecule has 0 saturated carbocycles. The number of hydrogen-bond acceptors (Lipinski definition) is 2. The minimum Gasteiger partial charge on any atom is -0.313 e. The Labute approximate surface area is 109 Å². The van der Waals surface area contributed by atoms with E-state index in [-0.39, 0.29) is 0 Å². The van der Waals surface area contributed by atoms with Gasteiger partial charge in [-0.2, -0.15) is 0 Å². The van der Waals surface area contributed by atoms with E-state index in [4.69, 9.17) is 0 Å². The molecule has 0 aliphatic heterocycles. The van der Waals surface area contributed by atoms with Crippen molar-refractivity contribution in [1.82, 2.24) is 10.3 Å². The van der Waals surface area contributed by atoms with E-state index >= 15 is 0 Å². The van der Waals surface area contributed by atoms with E-state index in [1.165, 1.54) is 16.7 Å². The van der Waals surface area contributed by atoms with Gasteiger partial charge in [0, 0.05) is 24.4 Å². The first-order chi connectivity index (χ1) is 8.69. The molecule has 0 aliphatic carbocycles. The average molecular weight is 240 g/mol. The monoisotopic (exact) mass is 240 g/mol. The third-order valence-electron chi connectivity index (χ3n) is 3.21. The molecule has 0 amide bonds. The molecule has 94 valence electrons. The second-order valence-electron chi connectivity index (χ2n) is 4.78. The van der Waals surface area contributed by atoms with Crippen molar-refractivity contribution in [1.29, 1.82) is 0 Å². The first kappa shape index (κ1) is 12.8. The van der Waals surface area contributed by atoms with E-state index in [0.717, 1.165) is 12.1 Å². The van der Waals surface area contributed by atoms with Crippen molar-refractivity contribution in [2.75, 3.05) is 7.05 Å². The van der Waals surface area contributed by atoms with Gasteiger partial charge in [-0.25, -0.2) is 0 Å². The molecule has 0 bridgehead atoms. The van der Waals surface area contributed by atoms with E-state index in [0.29, 0.717) is 6.04 Å². The quantitative estimate of drug-likeness (QED) is 0.887. The molecule has 0 radical (unpaired) electrons. The zero-order valence-electron chi connectivity index (χ0n) is 11.3. The number of aromatic nitrogens is 1. The highest BCUT2D eigenvalue weighted by Gasteiger charge is 2.10. The highest BCUT2D eigenvalue weighted by molar-refractivity contribution is 5.25. The van der Waals surface area contributed by atoms with Crippen LogP contribution >= 0.6 is 0 Å². The van der Waals surface area contributed by atoms with Crippen LogP contribution in [0.3, 0.4) is 0 Å². The van der Waals surface area contributed by atoms with E-state index < -0.39 is 0 Å². The predicted molar refractivity (Wildman–Crippen MR) is 75.7 cm³/mol. The first-order valence-corrected chi connectivity index (χ1v) is 6.34. The average Bonchev–Trinajstić information content (AvgIpc) is 2.39. The summed E-state index contributed by atoms with van der Waals surface area (Å²) < 4.78 is 0. The maximum atomic E-state index is 4.47. The van der Waals surface area contributed by atoms with E-state index in [1.807, 2.05) is 13.2 Å². The van der Waals surface area contributed by atoms with Gasteiger partial charge < -0.3 is 5.32 Å². The summed E-state index contributed by atoms with van der Waals surface area (Å²) >= 11 is 0. The molecule has 2 rings (SSSR count). The highest BCUT2D eigenvalue weighted by atomic mass is 14.9. The summed E-state index contributed by atoms with van der Waals surface area (Å²) in [7, 11) is 2.00. The van der Waals surface area contributed by atoms with Gasteiger partial charge in [0.15, 0.2) is 0 Å². The van der Waals surface area contributed by atoms with Gasteiger partial charge in [0.1, 0.15) is 0 Å². The third kappa shape index (κ3) is 3.17. The van der Waals surface area contributed by atoms with Crippen molar-refractivity contribution < 1.29 is 0 Å². The van der Waals surface area contributed by atoms with Crippen LogP contribution in [0.15, 0.2) is 42.6 Å². The summed E-state index contributed by atoms with van der Waals surface area (Å²) in [6, 6.07) is 13.2. The molecular weight excluding hydrogens is 220 g/mol. The summed E-state index contributed by atoms with van der Waals surface area (Å²) in [5.74, 6) is 0. The van der Waals surface area contributed by atoms with Gasteiger partial charge in [0.2, 0.25) is 0 Å². The number of nitrogens with zero attached hydrogens (tertiary/aromatic N) is 1. The lowest BCUT2D eigenvalue weighted by molar-refractivity contribution is 0.584. The molecule has 0 fully saturated rings. The van der Waals surface area contributed by atoms with Crippen LogP contribution in [-0.4, -0.2) is 12.0 Å². The van der Waals surface area contributed by atoms with Crippen LogP contribution in [0.4, 0.5) is 0 Å². The number of nitrogens with one attached hydrogen (secondary N) is 1. The van der Waals surface area contributed by atoms with E-state index in [2.05, 4.69) is 60.5 Å². The number of hydrogen-bond donors (Lipinski definition) is 1. The van der Waals surface area contributed by atoms with Crippen LogP contribution in [0, 0.1) is 13.8 Å². The largest absolute Gasteiger partial charge is 0.313 e. The lowest BCUT2D eigenvalue weighted by Gasteiger charge is -2.16. The molecule has 18 heavy (non-hydrogen) atoms. The number of benzene rings is 1. The summed E-state index contributed by atoms with van der Waals surface area (Å²) in [6.07, 6.45) is 2.84. The molecule has 2 nitrogen and oxygen atoms in total. The zero-order chi connectivity index (χ0) is 13.0. The Morgan fingerprint density at radius 3 is 2.22 bits per heavy atom. The van der Waals surface area contributed by atoms with E-state index in [1.54, 1.807) is 0 Å². The van der Waals surface area contributed by atoms with Gasteiger partial charge in [0.25, 0.3) is 0 Å². The second-order valence-corrected chi connectivity index (χ2v) is 4.78. The molecule has 1 heterocycles. The molecule has 1 aromatic carbocycles. The zero-order valence-corrected chi connectivity index (χ0v) is 11.3. The lowest BCUT2D eigenvalue weighted by Crippen LogP contribution is -2.19. The fraction of sp³-hybridized carbons (Fsp3) is 0.312. The number of pyridine rings is 1. The Morgan fingerprint density at radius 1 is 1.00 bits per heavy atom. The molecule has 2 aromatic rings. The van der Waals surface area contributed by atoms with Crippen LogP contribution in [0.25, 0.3) is 0 Å². The standard InChI is InChI=1S/C16H20N2/c1-12-4-7-14(8-5-12)16(17-3)10-15-9-6-13(2)11-18-15/h4-9,11,16-17H,10H2,1-3H3. The van der Waals surface area contributed by atoms with Crippen molar-refractivity contribution in [3.05, 3.63) is 65.0 Å². The number of likely N-dealkylation sites (N-methyl/N-ethyl adjacent to an activating group) is 1. The van der Waals surface area contributed by atoms with Crippen molar-refractivity contribution in [2.45, 2.75) is 26.3 Å². The van der Waals surface area contributed by atoms with Crippen molar-refractivity contribution in [3.8, 4) is 0 Å². The van der Waals surface area contributed by atoms with E-state index in [9.17, 15) is 0 Å². The molecule has 0 saturated heterocycles. The normalized spacial score (nSPS) is 12.4. The Balaban J connectivity index is 2.14. The van der Waals surface area contributed by atoms with Gasteiger partial charge in [-0.1, -0.05) is 35.9 Å².